The number of likely N-dealkylation sites (tertiary alicyclic amines) is 1. The number of benzene rings is 1. The smallest absolute Gasteiger partial charge is 0.309 e. The Morgan fingerprint density at radius 2 is 2.00 bits per heavy atom. The zero-order chi connectivity index (χ0) is 22.8. The van der Waals surface area contributed by atoms with E-state index in [2.05, 4.69) is 5.32 Å². The molecule has 1 aromatic rings. The first kappa shape index (κ1) is 23.3. The monoisotopic (exact) mass is 473 g/mol. The van der Waals surface area contributed by atoms with Gasteiger partial charge in [0.15, 0.2) is 6.61 Å². The van der Waals surface area contributed by atoms with Crippen LogP contribution in [-0.2, 0) is 29.1 Å². The Balaban J connectivity index is 1.66. The Morgan fingerprint density at radius 1 is 1.32 bits per heavy atom. The largest absolute Gasteiger partial charge is 0.482 e. The van der Waals surface area contributed by atoms with Crippen LogP contribution in [0, 0.1) is 5.92 Å². The highest BCUT2D eigenvalue weighted by Gasteiger charge is 2.32. The molecule has 0 radical (unpaired) electrons. The molecule has 0 aliphatic carbocycles. The number of nitrogens with zero attached hydrogens (tertiary/aromatic N) is 2. The normalized spacial score (nSPS) is 17.0. The van der Waals surface area contributed by atoms with Gasteiger partial charge in [0, 0.05) is 26.2 Å². The maximum Gasteiger partial charge on any atom is 0.309 e. The molecule has 1 N–H and O–H groups in total. The summed E-state index contributed by atoms with van der Waals surface area (Å²) in [5.41, 5.74) is 0.281. The van der Waals surface area contributed by atoms with Crippen LogP contribution in [0.2, 0.25) is 5.02 Å². The molecule has 31 heavy (non-hydrogen) atoms. The number of sulfonamides is 1. The van der Waals surface area contributed by atoms with Crippen LogP contribution in [0.4, 0.5) is 5.69 Å². The number of carbonyl (C=O) groups excluding carboxylic acids is 3. The number of fused-ring (bicyclic) bond motifs is 1. The first-order valence-corrected chi connectivity index (χ1v) is 11.6. The van der Waals surface area contributed by atoms with E-state index in [1.807, 2.05) is 0 Å². The van der Waals surface area contributed by atoms with Crippen LogP contribution in [-0.4, -0.2) is 75.3 Å². The molecule has 2 heterocycles. The summed E-state index contributed by atoms with van der Waals surface area (Å²) in [6.07, 6.45) is 0.946. The molecule has 3 rings (SSSR count). The van der Waals surface area contributed by atoms with Crippen LogP contribution in [0.5, 0.6) is 5.75 Å². The van der Waals surface area contributed by atoms with Gasteiger partial charge in [-0.25, -0.2) is 8.42 Å². The predicted octanol–water partition coefficient (Wildman–Crippen LogP) is 1.09. The fourth-order valence-corrected chi connectivity index (χ4v) is 5.08. The van der Waals surface area contributed by atoms with Crippen LogP contribution in [0.25, 0.3) is 0 Å². The van der Waals surface area contributed by atoms with Gasteiger partial charge in [-0.15, -0.1) is 0 Å². The van der Waals surface area contributed by atoms with Crippen LogP contribution in [0.3, 0.4) is 0 Å². The van der Waals surface area contributed by atoms with Crippen molar-refractivity contribution in [3.05, 3.63) is 17.2 Å². The molecule has 1 saturated heterocycles. The van der Waals surface area contributed by atoms with Gasteiger partial charge in [-0.05, 0) is 25.8 Å². The minimum atomic E-state index is -4.09. The van der Waals surface area contributed by atoms with Crippen molar-refractivity contribution in [1.29, 1.82) is 0 Å². The van der Waals surface area contributed by atoms with Gasteiger partial charge >= 0.3 is 5.97 Å². The lowest BCUT2D eigenvalue weighted by Crippen LogP contribution is -2.45. The zero-order valence-electron chi connectivity index (χ0n) is 17.2. The summed E-state index contributed by atoms with van der Waals surface area (Å²) in [6, 6.07) is 2.54. The third kappa shape index (κ3) is 5.10. The highest BCUT2D eigenvalue weighted by Crippen LogP contribution is 2.36. The van der Waals surface area contributed by atoms with Crippen LogP contribution in [0.15, 0.2) is 17.0 Å². The number of ether oxygens (including phenoxy) is 2. The molecular weight excluding hydrogens is 450 g/mol. The van der Waals surface area contributed by atoms with Crippen LogP contribution >= 0.6 is 11.6 Å². The summed E-state index contributed by atoms with van der Waals surface area (Å²) in [4.78, 5) is 37.2. The summed E-state index contributed by atoms with van der Waals surface area (Å²) >= 11 is 6.14. The van der Waals surface area contributed by atoms with Gasteiger partial charge in [0.25, 0.3) is 5.91 Å². The molecule has 10 nitrogen and oxygen atoms in total. The molecule has 0 aromatic heterocycles. The number of hydrogen-bond donors (Lipinski definition) is 1. The lowest BCUT2D eigenvalue weighted by atomic mass is 9.97. The van der Waals surface area contributed by atoms with Crippen molar-refractivity contribution >= 4 is 45.1 Å². The Labute approximate surface area is 185 Å². The molecule has 2 aliphatic heterocycles. The SMILES string of the molecule is CCOC(=O)C1CCN(C(=O)CN(C)S(=O)(=O)c2cc3c(cc2Cl)NC(=O)CO3)CC1. The standard InChI is InChI=1S/C19H24ClN3O7S/c1-3-29-19(26)12-4-6-23(7-5-12)18(25)10-22(2)31(27,28)16-9-15-14(8-13(16)20)21-17(24)11-30-15/h8-9,12H,3-7,10-11H2,1-2H3,(H,21,24). The third-order valence-electron chi connectivity index (χ3n) is 5.18. The number of piperidine rings is 1. The zero-order valence-corrected chi connectivity index (χ0v) is 18.8. The van der Waals surface area contributed by atoms with Gasteiger partial charge in [0.1, 0.15) is 10.6 Å². The van der Waals surface area contributed by atoms with Crippen molar-refractivity contribution < 1.29 is 32.3 Å². The van der Waals surface area contributed by atoms with E-state index in [9.17, 15) is 22.8 Å². The molecule has 170 valence electrons. The van der Waals surface area contributed by atoms with Gasteiger partial charge < -0.3 is 19.7 Å². The number of rotatable bonds is 6. The molecule has 2 aliphatic rings. The second-order valence-electron chi connectivity index (χ2n) is 7.28. The van der Waals surface area contributed by atoms with Crippen molar-refractivity contribution in [3.63, 3.8) is 0 Å². The van der Waals surface area contributed by atoms with Gasteiger partial charge in [-0.3, -0.25) is 14.4 Å². The molecule has 1 fully saturated rings. The maximum atomic E-state index is 13.0. The Kier molecular flexibility index (Phi) is 7.07. The number of amides is 2. The fourth-order valence-electron chi connectivity index (χ4n) is 3.45. The Bertz CT molecular complexity index is 990. The van der Waals surface area contributed by atoms with Crippen molar-refractivity contribution in [2.75, 3.05) is 45.2 Å². The highest BCUT2D eigenvalue weighted by atomic mass is 35.5. The number of nitrogens with one attached hydrogen (secondary N) is 1. The molecule has 0 atom stereocenters. The number of likely N-dealkylation sites (N-methyl/N-ethyl adjacent to an activating group) is 1. The third-order valence-corrected chi connectivity index (χ3v) is 7.45. The molecule has 2 amide bonds. The van der Waals surface area contributed by atoms with E-state index in [0.717, 1.165) is 4.31 Å². The molecule has 0 saturated carbocycles. The molecule has 12 heteroatoms. The lowest BCUT2D eigenvalue weighted by Gasteiger charge is -2.32. The predicted molar refractivity (Wildman–Crippen MR) is 111 cm³/mol. The summed E-state index contributed by atoms with van der Waals surface area (Å²) < 4.78 is 37.2. The van der Waals surface area contributed by atoms with E-state index < -0.39 is 10.0 Å². The van der Waals surface area contributed by atoms with E-state index in [1.54, 1.807) is 6.92 Å². The first-order valence-electron chi connectivity index (χ1n) is 9.80. The van der Waals surface area contributed by atoms with Gasteiger partial charge in [0.2, 0.25) is 15.9 Å². The van der Waals surface area contributed by atoms with Crippen LogP contribution in [0.1, 0.15) is 19.8 Å². The molecule has 0 bridgehead atoms. The first-order chi connectivity index (χ1) is 14.6. The number of halogens is 1. The minimum absolute atomic E-state index is 0.0981. The number of hydrogen-bond acceptors (Lipinski definition) is 7. The van der Waals surface area contributed by atoms with Crippen molar-refractivity contribution in [3.8, 4) is 5.75 Å². The molecule has 1 aromatic carbocycles. The molecule has 0 spiro atoms. The van der Waals surface area contributed by atoms with Gasteiger partial charge in [-0.1, -0.05) is 11.6 Å². The Hall–Kier alpha value is -2.37. The average Bonchev–Trinajstić information content (AvgIpc) is 2.73. The van der Waals surface area contributed by atoms with E-state index in [1.165, 1.54) is 24.1 Å². The van der Waals surface area contributed by atoms with Gasteiger partial charge in [-0.2, -0.15) is 4.31 Å². The average molecular weight is 474 g/mol. The second kappa shape index (κ2) is 9.41. The molecular formula is C19H24ClN3O7S. The van der Waals surface area contributed by atoms with Gasteiger partial charge in [0.05, 0.1) is 29.8 Å². The van der Waals surface area contributed by atoms with E-state index in [0.29, 0.717) is 32.5 Å². The van der Waals surface area contributed by atoms with Crippen molar-refractivity contribution in [2.45, 2.75) is 24.7 Å². The van der Waals surface area contributed by atoms with E-state index in [-0.39, 0.29) is 58.2 Å². The number of carbonyl (C=O) groups is 3. The van der Waals surface area contributed by atoms with Crippen molar-refractivity contribution in [2.24, 2.45) is 5.92 Å². The minimum Gasteiger partial charge on any atom is -0.482 e. The fraction of sp³-hybridized carbons (Fsp3) is 0.526. The number of anilines is 1. The summed E-state index contributed by atoms with van der Waals surface area (Å²) in [5.74, 6) is -1.07. The topological polar surface area (TPSA) is 122 Å². The molecule has 0 unspecified atom stereocenters. The van der Waals surface area contributed by atoms with Crippen molar-refractivity contribution in [1.82, 2.24) is 9.21 Å². The highest BCUT2D eigenvalue weighted by molar-refractivity contribution is 7.89. The quantitative estimate of drug-likeness (QED) is 0.613. The summed E-state index contributed by atoms with van der Waals surface area (Å²) in [6.45, 7) is 2.14. The second-order valence-corrected chi connectivity index (χ2v) is 9.70. The van der Waals surface area contributed by atoms with E-state index in [4.69, 9.17) is 21.1 Å². The summed E-state index contributed by atoms with van der Waals surface area (Å²) in [5, 5.41) is 2.45. The van der Waals surface area contributed by atoms with Crippen LogP contribution < -0.4 is 10.1 Å². The number of esters is 1. The maximum absolute atomic E-state index is 13.0. The Morgan fingerprint density at radius 3 is 2.65 bits per heavy atom. The van der Waals surface area contributed by atoms with E-state index >= 15 is 0 Å². The lowest BCUT2D eigenvalue weighted by molar-refractivity contribution is -0.151. The summed E-state index contributed by atoms with van der Waals surface area (Å²) in [7, 11) is -2.81.